The summed E-state index contributed by atoms with van der Waals surface area (Å²) in [5, 5.41) is 6.39. The highest BCUT2D eigenvalue weighted by Gasteiger charge is 2.18. The lowest BCUT2D eigenvalue weighted by Gasteiger charge is -2.19. The highest BCUT2D eigenvalue weighted by Crippen LogP contribution is 2.11. The number of sulfonamides is 1. The highest BCUT2D eigenvalue weighted by atomic mass is 32.2. The summed E-state index contributed by atoms with van der Waals surface area (Å²) in [6, 6.07) is 0. The average Bonchev–Trinajstić information content (AvgIpc) is 2.63. The van der Waals surface area contributed by atoms with Crippen molar-refractivity contribution < 1.29 is 8.42 Å². The van der Waals surface area contributed by atoms with Gasteiger partial charge in [0.25, 0.3) is 0 Å². The van der Waals surface area contributed by atoms with Crippen LogP contribution >= 0.6 is 0 Å². The van der Waals surface area contributed by atoms with E-state index >= 15 is 0 Å². The lowest BCUT2D eigenvalue weighted by atomic mass is 10.2. The second-order valence-corrected chi connectivity index (χ2v) is 6.75. The summed E-state index contributed by atoms with van der Waals surface area (Å²) in [7, 11) is -3.43. The number of nitrogens with one attached hydrogen (secondary N) is 2. The van der Waals surface area contributed by atoms with Gasteiger partial charge in [-0.15, -0.1) is 0 Å². The summed E-state index contributed by atoms with van der Waals surface area (Å²) in [4.78, 5) is 2.57. The van der Waals surface area contributed by atoms with Gasteiger partial charge in [-0.2, -0.15) is 5.10 Å². The molecule has 0 spiro atoms. The second-order valence-electron chi connectivity index (χ2n) is 5.01. The summed E-state index contributed by atoms with van der Waals surface area (Å²) in [6.07, 6.45) is 6.36. The molecular formula is C12H22N4O2S. The maximum Gasteiger partial charge on any atom is 0.243 e. The fourth-order valence-corrected chi connectivity index (χ4v) is 3.54. The normalized spacial score (nSPS) is 18.4. The molecule has 0 unspecified atom stereocenters. The molecule has 0 atom stereocenters. The number of hydrogen-bond acceptors (Lipinski definition) is 4. The van der Waals surface area contributed by atoms with Gasteiger partial charge >= 0.3 is 0 Å². The molecule has 19 heavy (non-hydrogen) atoms. The topological polar surface area (TPSA) is 78.1 Å². The van der Waals surface area contributed by atoms with Gasteiger partial charge < -0.3 is 4.90 Å². The third-order valence-electron chi connectivity index (χ3n) is 3.49. The smallest absolute Gasteiger partial charge is 0.243 e. The van der Waals surface area contributed by atoms with Crippen LogP contribution in [0.3, 0.4) is 0 Å². The molecule has 1 aromatic rings. The number of likely N-dealkylation sites (tertiary alicyclic amines) is 1. The van der Waals surface area contributed by atoms with E-state index in [0.717, 1.165) is 19.6 Å². The van der Waals surface area contributed by atoms with Crippen LogP contribution in [0.25, 0.3) is 0 Å². The van der Waals surface area contributed by atoms with Crippen molar-refractivity contribution in [3.05, 3.63) is 11.9 Å². The molecule has 1 aliphatic rings. The first-order chi connectivity index (χ1) is 9.09. The Morgan fingerprint density at radius 2 is 2.00 bits per heavy atom. The molecule has 1 fully saturated rings. The van der Waals surface area contributed by atoms with Crippen LogP contribution in [0.15, 0.2) is 11.1 Å². The number of aromatic amines is 1. The van der Waals surface area contributed by atoms with E-state index in [0.29, 0.717) is 12.2 Å². The largest absolute Gasteiger partial charge is 0.302 e. The minimum absolute atomic E-state index is 0.239. The molecule has 2 N–H and O–H groups in total. The Morgan fingerprint density at radius 1 is 1.32 bits per heavy atom. The van der Waals surface area contributed by atoms with E-state index in [4.69, 9.17) is 0 Å². The first-order valence-corrected chi connectivity index (χ1v) is 8.30. The Labute approximate surface area is 114 Å². The molecule has 7 heteroatoms. The molecule has 1 aromatic heterocycles. The summed E-state index contributed by atoms with van der Waals surface area (Å²) in [6.45, 7) is 5.08. The van der Waals surface area contributed by atoms with Gasteiger partial charge in [-0.3, -0.25) is 5.10 Å². The van der Waals surface area contributed by atoms with Crippen molar-refractivity contribution in [2.45, 2.75) is 37.5 Å². The van der Waals surface area contributed by atoms with Crippen molar-refractivity contribution in [3.63, 3.8) is 0 Å². The second kappa shape index (κ2) is 6.49. The zero-order valence-electron chi connectivity index (χ0n) is 11.4. The van der Waals surface area contributed by atoms with E-state index in [1.165, 1.54) is 31.9 Å². The number of hydrogen-bond donors (Lipinski definition) is 2. The third kappa shape index (κ3) is 4.02. The van der Waals surface area contributed by atoms with Crippen molar-refractivity contribution in [2.75, 3.05) is 26.2 Å². The Bertz CT molecular complexity index is 490. The number of rotatable bonds is 5. The van der Waals surface area contributed by atoms with Crippen LogP contribution in [0.1, 0.15) is 31.4 Å². The number of nitrogens with zero attached hydrogens (tertiary/aromatic N) is 2. The molecule has 0 amide bonds. The fourth-order valence-electron chi connectivity index (χ4n) is 2.39. The van der Waals surface area contributed by atoms with Crippen LogP contribution < -0.4 is 4.72 Å². The molecule has 2 rings (SSSR count). The van der Waals surface area contributed by atoms with Crippen LogP contribution in [-0.2, 0) is 10.0 Å². The van der Waals surface area contributed by atoms with Gasteiger partial charge in [0.15, 0.2) is 0 Å². The number of H-pyrrole nitrogens is 1. The Kier molecular flexibility index (Phi) is 4.95. The third-order valence-corrected chi connectivity index (χ3v) is 5.07. The molecular weight excluding hydrogens is 264 g/mol. The van der Waals surface area contributed by atoms with Gasteiger partial charge in [0, 0.05) is 13.1 Å². The SMILES string of the molecule is Cc1[nH]ncc1S(=O)(=O)NCCN1CCCCCC1. The minimum atomic E-state index is -3.43. The molecule has 0 saturated carbocycles. The van der Waals surface area contributed by atoms with E-state index < -0.39 is 10.0 Å². The van der Waals surface area contributed by atoms with Gasteiger partial charge in [0.2, 0.25) is 10.0 Å². The summed E-state index contributed by atoms with van der Waals surface area (Å²) in [5.74, 6) is 0. The van der Waals surface area contributed by atoms with Gasteiger partial charge in [-0.1, -0.05) is 12.8 Å². The predicted molar refractivity (Wildman–Crippen MR) is 73.4 cm³/mol. The monoisotopic (exact) mass is 286 g/mol. The molecule has 2 heterocycles. The zero-order valence-corrected chi connectivity index (χ0v) is 12.2. The summed E-state index contributed by atoms with van der Waals surface area (Å²) in [5.41, 5.74) is 0.572. The first kappa shape index (κ1) is 14.5. The van der Waals surface area contributed by atoms with Crippen molar-refractivity contribution in [3.8, 4) is 0 Å². The minimum Gasteiger partial charge on any atom is -0.302 e. The van der Waals surface area contributed by atoms with E-state index in [-0.39, 0.29) is 4.90 Å². The molecule has 1 aliphatic heterocycles. The lowest BCUT2D eigenvalue weighted by molar-refractivity contribution is 0.290. The molecule has 0 bridgehead atoms. The van der Waals surface area contributed by atoms with Crippen molar-refractivity contribution in [1.82, 2.24) is 19.8 Å². The maximum atomic E-state index is 12.0. The van der Waals surface area contributed by atoms with E-state index in [1.807, 2.05) is 0 Å². The van der Waals surface area contributed by atoms with Crippen molar-refractivity contribution in [1.29, 1.82) is 0 Å². The lowest BCUT2D eigenvalue weighted by Crippen LogP contribution is -2.35. The van der Waals surface area contributed by atoms with Gasteiger partial charge in [-0.25, -0.2) is 13.1 Å². The predicted octanol–water partition coefficient (Wildman–Crippen LogP) is 0.872. The van der Waals surface area contributed by atoms with Crippen LogP contribution in [0.4, 0.5) is 0 Å². The zero-order chi connectivity index (χ0) is 13.7. The summed E-state index contributed by atoms with van der Waals surface area (Å²) >= 11 is 0. The number of aryl methyl sites for hydroxylation is 1. The highest BCUT2D eigenvalue weighted by molar-refractivity contribution is 7.89. The number of aromatic nitrogens is 2. The molecule has 1 saturated heterocycles. The van der Waals surface area contributed by atoms with Gasteiger partial charge in [0.1, 0.15) is 4.90 Å². The van der Waals surface area contributed by atoms with Gasteiger partial charge in [0.05, 0.1) is 11.9 Å². The van der Waals surface area contributed by atoms with Crippen LogP contribution in [-0.4, -0.2) is 49.7 Å². The molecule has 0 aliphatic carbocycles. The first-order valence-electron chi connectivity index (χ1n) is 6.81. The van der Waals surface area contributed by atoms with Crippen LogP contribution in [0, 0.1) is 6.92 Å². The average molecular weight is 286 g/mol. The Morgan fingerprint density at radius 3 is 2.58 bits per heavy atom. The van der Waals surface area contributed by atoms with E-state index in [9.17, 15) is 8.42 Å². The summed E-state index contributed by atoms with van der Waals surface area (Å²) < 4.78 is 26.7. The standard InChI is InChI=1S/C12H22N4O2S/c1-11-12(10-13-15-11)19(17,18)14-6-9-16-7-4-2-3-5-8-16/h10,14H,2-9H2,1H3,(H,13,15). The Hall–Kier alpha value is -0.920. The van der Waals surface area contributed by atoms with Gasteiger partial charge in [-0.05, 0) is 32.9 Å². The maximum absolute atomic E-state index is 12.0. The fraction of sp³-hybridized carbons (Fsp3) is 0.750. The molecule has 6 nitrogen and oxygen atoms in total. The van der Waals surface area contributed by atoms with E-state index in [2.05, 4.69) is 19.8 Å². The van der Waals surface area contributed by atoms with Crippen LogP contribution in [0.5, 0.6) is 0 Å². The van der Waals surface area contributed by atoms with Crippen molar-refractivity contribution >= 4 is 10.0 Å². The van der Waals surface area contributed by atoms with Crippen molar-refractivity contribution in [2.24, 2.45) is 0 Å². The quantitative estimate of drug-likeness (QED) is 0.842. The molecule has 0 aromatic carbocycles. The van der Waals surface area contributed by atoms with E-state index in [1.54, 1.807) is 6.92 Å². The van der Waals surface area contributed by atoms with Crippen LogP contribution in [0.2, 0.25) is 0 Å². The molecule has 0 radical (unpaired) electrons. The molecule has 108 valence electrons. The Balaban J connectivity index is 1.83.